The van der Waals surface area contributed by atoms with Crippen molar-refractivity contribution in [2.24, 2.45) is 5.73 Å². The summed E-state index contributed by atoms with van der Waals surface area (Å²) >= 11 is 1.41. The van der Waals surface area contributed by atoms with Crippen molar-refractivity contribution in [2.45, 2.75) is 24.8 Å². The number of sulfonamides is 1. The largest absolute Gasteiger partial charge is 0.326 e. The zero-order valence-corrected chi connectivity index (χ0v) is 12.8. The van der Waals surface area contributed by atoms with Crippen LogP contribution in [0.5, 0.6) is 0 Å². The van der Waals surface area contributed by atoms with Gasteiger partial charge in [0, 0.05) is 37.6 Å². The van der Waals surface area contributed by atoms with Crippen LogP contribution in [0.4, 0.5) is 0 Å². The second kappa shape index (κ2) is 6.32. The maximum Gasteiger partial charge on any atom is 0.244 e. The molecule has 1 aliphatic rings. The monoisotopic (exact) mass is 303 g/mol. The molecule has 2 heterocycles. The molecular formula is C12H21N3O2S2. The topological polar surface area (TPSA) is 66.6 Å². The van der Waals surface area contributed by atoms with E-state index in [0.29, 0.717) is 18.0 Å². The average Bonchev–Trinajstić information content (AvgIpc) is 2.89. The Morgan fingerprint density at radius 3 is 2.58 bits per heavy atom. The summed E-state index contributed by atoms with van der Waals surface area (Å²) in [5.74, 6) is 0. The van der Waals surface area contributed by atoms with Gasteiger partial charge in [-0.15, -0.1) is 11.3 Å². The molecular weight excluding hydrogens is 282 g/mol. The lowest BCUT2D eigenvalue weighted by molar-refractivity contribution is 0.188. The summed E-state index contributed by atoms with van der Waals surface area (Å²) in [6.45, 7) is 6.24. The smallest absolute Gasteiger partial charge is 0.244 e. The second-order valence-electron chi connectivity index (χ2n) is 4.66. The van der Waals surface area contributed by atoms with Gasteiger partial charge in [-0.3, -0.25) is 0 Å². The van der Waals surface area contributed by atoms with E-state index in [9.17, 15) is 8.42 Å². The Kier molecular flexibility index (Phi) is 4.97. The van der Waals surface area contributed by atoms with E-state index in [1.807, 2.05) is 0 Å². The minimum absolute atomic E-state index is 0.280. The Labute approximate surface area is 119 Å². The van der Waals surface area contributed by atoms with Gasteiger partial charge in [-0.1, -0.05) is 6.92 Å². The van der Waals surface area contributed by atoms with Gasteiger partial charge in [0.15, 0.2) is 0 Å². The van der Waals surface area contributed by atoms with E-state index in [1.54, 1.807) is 15.8 Å². The molecule has 0 saturated carbocycles. The van der Waals surface area contributed by atoms with E-state index in [1.165, 1.54) is 11.3 Å². The molecule has 0 aliphatic carbocycles. The lowest BCUT2D eigenvalue weighted by Crippen LogP contribution is -2.48. The van der Waals surface area contributed by atoms with E-state index in [0.717, 1.165) is 30.9 Å². The molecule has 19 heavy (non-hydrogen) atoms. The van der Waals surface area contributed by atoms with Crippen LogP contribution >= 0.6 is 11.3 Å². The van der Waals surface area contributed by atoms with Gasteiger partial charge in [0.2, 0.25) is 10.0 Å². The van der Waals surface area contributed by atoms with Crippen LogP contribution in [0.2, 0.25) is 0 Å². The first-order chi connectivity index (χ1) is 9.09. The summed E-state index contributed by atoms with van der Waals surface area (Å²) in [5.41, 5.74) is 5.60. The van der Waals surface area contributed by atoms with Gasteiger partial charge in [-0.05, 0) is 24.4 Å². The van der Waals surface area contributed by atoms with E-state index in [4.69, 9.17) is 5.73 Å². The number of nitrogens with two attached hydrogens (primary N) is 1. The Bertz CT molecular complexity index is 505. The molecule has 1 aliphatic heterocycles. The summed E-state index contributed by atoms with van der Waals surface area (Å²) < 4.78 is 26.7. The molecule has 2 rings (SSSR count). The lowest BCUT2D eigenvalue weighted by atomic mass is 10.3. The molecule has 108 valence electrons. The van der Waals surface area contributed by atoms with Crippen molar-refractivity contribution in [3.05, 3.63) is 16.3 Å². The molecule has 1 aromatic heterocycles. The summed E-state index contributed by atoms with van der Waals surface area (Å²) in [5, 5.41) is 1.79. The first-order valence-electron chi connectivity index (χ1n) is 6.58. The highest BCUT2D eigenvalue weighted by Crippen LogP contribution is 2.25. The van der Waals surface area contributed by atoms with Gasteiger partial charge in [0.25, 0.3) is 0 Å². The predicted molar refractivity (Wildman–Crippen MR) is 77.7 cm³/mol. The van der Waals surface area contributed by atoms with Crippen LogP contribution in [-0.4, -0.2) is 50.3 Å². The minimum atomic E-state index is -3.36. The van der Waals surface area contributed by atoms with Crippen molar-refractivity contribution in [1.29, 1.82) is 0 Å². The van der Waals surface area contributed by atoms with Crippen molar-refractivity contribution in [3.8, 4) is 0 Å². The van der Waals surface area contributed by atoms with Crippen LogP contribution < -0.4 is 5.73 Å². The first kappa shape index (κ1) is 14.9. The highest BCUT2D eigenvalue weighted by molar-refractivity contribution is 7.89. The fourth-order valence-corrected chi connectivity index (χ4v) is 5.08. The first-order valence-corrected chi connectivity index (χ1v) is 8.90. The van der Waals surface area contributed by atoms with Crippen molar-refractivity contribution in [1.82, 2.24) is 9.21 Å². The van der Waals surface area contributed by atoms with Gasteiger partial charge >= 0.3 is 0 Å². The molecule has 0 unspecified atom stereocenters. The third-order valence-electron chi connectivity index (χ3n) is 3.38. The van der Waals surface area contributed by atoms with Gasteiger partial charge in [-0.2, -0.15) is 4.31 Å². The Morgan fingerprint density at radius 2 is 2.00 bits per heavy atom. The van der Waals surface area contributed by atoms with Crippen molar-refractivity contribution in [2.75, 3.05) is 32.7 Å². The van der Waals surface area contributed by atoms with Crippen LogP contribution in [0.1, 0.15) is 18.2 Å². The number of piperazine rings is 1. The molecule has 0 atom stereocenters. The molecule has 0 bridgehead atoms. The third-order valence-corrected chi connectivity index (χ3v) is 6.43. The molecule has 0 spiro atoms. The quantitative estimate of drug-likeness (QED) is 0.878. The maximum absolute atomic E-state index is 12.6. The zero-order valence-electron chi connectivity index (χ0n) is 11.2. The SMILES string of the molecule is CCCN1CCN(S(=O)(=O)c2ccsc2CN)CC1. The van der Waals surface area contributed by atoms with Crippen molar-refractivity contribution in [3.63, 3.8) is 0 Å². The van der Waals surface area contributed by atoms with E-state index >= 15 is 0 Å². The Hall–Kier alpha value is -0.470. The van der Waals surface area contributed by atoms with Gasteiger partial charge in [-0.25, -0.2) is 8.42 Å². The highest BCUT2D eigenvalue weighted by Gasteiger charge is 2.30. The van der Waals surface area contributed by atoms with Crippen LogP contribution in [-0.2, 0) is 16.6 Å². The zero-order chi connectivity index (χ0) is 13.9. The fourth-order valence-electron chi connectivity index (χ4n) is 2.36. The maximum atomic E-state index is 12.6. The van der Waals surface area contributed by atoms with Crippen LogP contribution in [0, 0.1) is 0 Å². The number of hydrogen-bond acceptors (Lipinski definition) is 5. The molecule has 1 aromatic rings. The minimum Gasteiger partial charge on any atom is -0.326 e. The molecule has 5 nitrogen and oxygen atoms in total. The fraction of sp³-hybridized carbons (Fsp3) is 0.667. The summed E-state index contributed by atoms with van der Waals surface area (Å²) in [4.78, 5) is 3.45. The van der Waals surface area contributed by atoms with E-state index < -0.39 is 10.0 Å². The lowest BCUT2D eigenvalue weighted by Gasteiger charge is -2.33. The number of thiophene rings is 1. The van der Waals surface area contributed by atoms with E-state index in [2.05, 4.69) is 11.8 Å². The molecule has 1 saturated heterocycles. The van der Waals surface area contributed by atoms with Crippen LogP contribution in [0.25, 0.3) is 0 Å². The standard InChI is InChI=1S/C12H21N3O2S2/c1-2-4-14-5-7-15(8-6-14)19(16,17)12-3-9-18-11(12)10-13/h3,9H,2,4-8,10,13H2,1H3. The van der Waals surface area contributed by atoms with Crippen LogP contribution in [0.15, 0.2) is 16.3 Å². The number of hydrogen-bond donors (Lipinski definition) is 1. The number of nitrogens with zero attached hydrogens (tertiary/aromatic N) is 2. The molecule has 0 amide bonds. The number of rotatable bonds is 5. The van der Waals surface area contributed by atoms with Gasteiger partial charge < -0.3 is 10.6 Å². The molecule has 1 fully saturated rings. The van der Waals surface area contributed by atoms with Gasteiger partial charge in [0.05, 0.1) is 4.90 Å². The van der Waals surface area contributed by atoms with Crippen molar-refractivity contribution >= 4 is 21.4 Å². The molecule has 2 N–H and O–H groups in total. The second-order valence-corrected chi connectivity index (χ2v) is 7.56. The highest BCUT2D eigenvalue weighted by atomic mass is 32.2. The Morgan fingerprint density at radius 1 is 1.32 bits per heavy atom. The van der Waals surface area contributed by atoms with E-state index in [-0.39, 0.29) is 6.54 Å². The van der Waals surface area contributed by atoms with Gasteiger partial charge in [0.1, 0.15) is 0 Å². The molecule has 0 radical (unpaired) electrons. The third kappa shape index (κ3) is 3.17. The summed E-state index contributed by atoms with van der Waals surface area (Å²) in [6, 6.07) is 1.67. The van der Waals surface area contributed by atoms with Crippen molar-refractivity contribution < 1.29 is 8.42 Å². The predicted octanol–water partition coefficient (Wildman–Crippen LogP) is 0.923. The average molecular weight is 303 g/mol. The van der Waals surface area contributed by atoms with Crippen LogP contribution in [0.3, 0.4) is 0 Å². The molecule has 7 heteroatoms. The molecule has 0 aromatic carbocycles. The normalized spacial score (nSPS) is 18.8. The Balaban J connectivity index is 2.10. The summed E-state index contributed by atoms with van der Waals surface area (Å²) in [6.07, 6.45) is 1.11. The summed E-state index contributed by atoms with van der Waals surface area (Å²) in [7, 11) is -3.36.